The molecule has 1 atom stereocenters. The van der Waals surface area contributed by atoms with Gasteiger partial charge in [-0.1, -0.05) is 0 Å². The Morgan fingerprint density at radius 3 is 2.86 bits per heavy atom. The average molecular weight is 431 g/mol. The highest BCUT2D eigenvalue weighted by molar-refractivity contribution is 7.81. The topological polar surface area (TPSA) is 105 Å². The van der Waals surface area contributed by atoms with Crippen LogP contribution >= 0.6 is 11.3 Å². The summed E-state index contributed by atoms with van der Waals surface area (Å²) in [6, 6.07) is 5.28. The maximum atomic E-state index is 13.0. The molecule has 1 N–H and O–H groups in total. The van der Waals surface area contributed by atoms with Crippen LogP contribution in [0.5, 0.6) is 0 Å². The van der Waals surface area contributed by atoms with Crippen molar-refractivity contribution < 1.29 is 13.6 Å². The number of aromatic amines is 1. The van der Waals surface area contributed by atoms with E-state index in [1.807, 2.05) is 17.2 Å². The molecule has 152 valence electrons. The first-order valence-corrected chi connectivity index (χ1v) is 11.4. The molecule has 29 heavy (non-hydrogen) atoms. The summed E-state index contributed by atoms with van der Waals surface area (Å²) in [5.41, 5.74) is 0.943. The number of carbonyl (C=O) groups excluding carboxylic acids is 1. The summed E-state index contributed by atoms with van der Waals surface area (Å²) in [5.74, 6) is 0.968. The highest BCUT2D eigenvalue weighted by Gasteiger charge is 2.47. The van der Waals surface area contributed by atoms with Gasteiger partial charge in [-0.25, -0.2) is 9.97 Å². The molecule has 4 heterocycles. The zero-order chi connectivity index (χ0) is 20.0. The maximum absolute atomic E-state index is 13.0. The molecule has 2 fully saturated rings. The van der Waals surface area contributed by atoms with Crippen LogP contribution in [0.15, 0.2) is 34.9 Å². The molecular weight excluding hydrogens is 410 g/mol. The highest BCUT2D eigenvalue weighted by Crippen LogP contribution is 2.48. The van der Waals surface area contributed by atoms with Gasteiger partial charge in [0.1, 0.15) is 17.8 Å². The third-order valence-corrected chi connectivity index (χ3v) is 7.76. The van der Waals surface area contributed by atoms with E-state index in [-0.39, 0.29) is 22.0 Å². The van der Waals surface area contributed by atoms with Crippen LogP contribution in [0.4, 0.5) is 5.82 Å². The van der Waals surface area contributed by atoms with E-state index in [2.05, 4.69) is 19.9 Å². The number of fused-ring (bicyclic) bond motifs is 1. The number of carbonyl (C=O) groups is 1. The minimum atomic E-state index is -2.24. The zero-order valence-electron chi connectivity index (χ0n) is 15.7. The second kappa shape index (κ2) is 7.19. The third-order valence-electron chi connectivity index (χ3n) is 5.76. The van der Waals surface area contributed by atoms with Crippen molar-refractivity contribution in [2.24, 2.45) is 5.41 Å². The Labute approximate surface area is 174 Å². The Hall–Kier alpha value is -2.30. The Kier molecular flexibility index (Phi) is 4.64. The number of hydrogen-bond donors (Lipinski definition) is 1. The minimum Gasteiger partial charge on any atom is -0.768 e. The minimum absolute atomic E-state index is 0.0534. The molecule has 1 saturated carbocycles. The molecule has 10 heteroatoms. The average Bonchev–Trinajstić information content (AvgIpc) is 3.11. The fourth-order valence-electron chi connectivity index (χ4n) is 4.06. The lowest BCUT2D eigenvalue weighted by molar-refractivity contribution is -0.130. The molecule has 1 saturated heterocycles. The normalized spacial score (nSPS) is 19.5. The van der Waals surface area contributed by atoms with Crippen LogP contribution in [0.3, 0.4) is 0 Å². The van der Waals surface area contributed by atoms with Crippen LogP contribution in [-0.2, 0) is 22.3 Å². The first-order chi connectivity index (χ1) is 14.0. The second-order valence-electron chi connectivity index (χ2n) is 7.81. The van der Waals surface area contributed by atoms with E-state index in [4.69, 9.17) is 0 Å². The first kappa shape index (κ1) is 18.7. The molecule has 1 unspecified atom stereocenters. The number of nitrogens with one attached hydrogen (secondary N) is 1. The predicted octanol–water partition coefficient (Wildman–Crippen LogP) is 1.93. The molecule has 1 aliphatic carbocycles. The monoisotopic (exact) mass is 430 g/mol. The molecule has 0 bridgehead atoms. The van der Waals surface area contributed by atoms with E-state index in [0.717, 1.165) is 59.0 Å². The first-order valence-electron chi connectivity index (χ1n) is 9.52. The molecule has 8 nitrogen and oxygen atoms in total. The van der Waals surface area contributed by atoms with Crippen molar-refractivity contribution in [1.29, 1.82) is 0 Å². The van der Waals surface area contributed by atoms with Crippen LogP contribution in [0.25, 0.3) is 11.0 Å². The molecule has 3 aromatic rings. The number of amides is 1. The lowest BCUT2D eigenvalue weighted by Gasteiger charge is -2.25. The van der Waals surface area contributed by atoms with E-state index in [1.165, 1.54) is 0 Å². The van der Waals surface area contributed by atoms with Crippen molar-refractivity contribution in [3.05, 3.63) is 35.6 Å². The van der Waals surface area contributed by atoms with Crippen molar-refractivity contribution in [2.45, 2.75) is 23.5 Å². The number of hydrogen-bond acceptors (Lipinski definition) is 7. The fourth-order valence-corrected chi connectivity index (χ4v) is 5.56. The van der Waals surface area contributed by atoms with Gasteiger partial charge in [0.25, 0.3) is 0 Å². The fraction of sp³-hybridized carbons (Fsp3) is 0.421. The van der Waals surface area contributed by atoms with Crippen LogP contribution in [0.2, 0.25) is 0 Å². The van der Waals surface area contributed by atoms with Gasteiger partial charge in [-0.2, -0.15) is 0 Å². The Bertz CT molecular complexity index is 1090. The molecule has 0 aromatic carbocycles. The van der Waals surface area contributed by atoms with Gasteiger partial charge < -0.3 is 19.3 Å². The zero-order valence-corrected chi connectivity index (χ0v) is 17.3. The molecular formula is C19H20N5O3S2-. The SMILES string of the molecule is O=C(Cc1ccc(S(=O)[O-])s1)N1CCN(c2ncnc3[nH]ccc23)CC2(CC2)C1. The quantitative estimate of drug-likeness (QED) is 0.634. The van der Waals surface area contributed by atoms with E-state index in [1.54, 1.807) is 18.5 Å². The van der Waals surface area contributed by atoms with Crippen molar-refractivity contribution in [3.63, 3.8) is 0 Å². The number of H-pyrrole nitrogens is 1. The summed E-state index contributed by atoms with van der Waals surface area (Å²) < 4.78 is 22.4. The van der Waals surface area contributed by atoms with Crippen LogP contribution in [0.1, 0.15) is 17.7 Å². The predicted molar refractivity (Wildman–Crippen MR) is 110 cm³/mol. The van der Waals surface area contributed by atoms with Crippen LogP contribution < -0.4 is 4.90 Å². The van der Waals surface area contributed by atoms with Gasteiger partial charge in [-0.15, -0.1) is 11.3 Å². The summed E-state index contributed by atoms with van der Waals surface area (Å²) in [4.78, 5) is 29.9. The van der Waals surface area contributed by atoms with Crippen molar-refractivity contribution >= 4 is 45.2 Å². The van der Waals surface area contributed by atoms with E-state index in [0.29, 0.717) is 13.1 Å². The van der Waals surface area contributed by atoms with E-state index >= 15 is 0 Å². The smallest absolute Gasteiger partial charge is 0.227 e. The van der Waals surface area contributed by atoms with E-state index in [9.17, 15) is 13.6 Å². The summed E-state index contributed by atoms with van der Waals surface area (Å²) in [7, 11) is 0. The van der Waals surface area contributed by atoms with Crippen LogP contribution in [-0.4, -0.2) is 60.7 Å². The number of thiophene rings is 1. The third kappa shape index (κ3) is 3.67. The summed E-state index contributed by atoms with van der Waals surface area (Å²) in [6.07, 6.45) is 5.90. The molecule has 5 rings (SSSR count). The number of anilines is 1. The van der Waals surface area contributed by atoms with Gasteiger partial charge in [0.15, 0.2) is 0 Å². The van der Waals surface area contributed by atoms with Crippen LogP contribution in [0, 0.1) is 5.41 Å². The standard InChI is InChI=1S/C19H21N5O3S2/c25-15(9-13-1-2-16(28-13)29(26)27)23-7-8-24(11-19(10-23)4-5-19)18-14-3-6-20-17(14)21-12-22-18/h1-3,6,12H,4-5,7-11H2,(H,26,27)(H,20,21,22)/p-1. The number of aromatic nitrogens is 3. The second-order valence-corrected chi connectivity index (χ2v) is 10.1. The summed E-state index contributed by atoms with van der Waals surface area (Å²) >= 11 is -1.08. The molecule has 2 aliphatic rings. The largest absolute Gasteiger partial charge is 0.768 e. The van der Waals surface area contributed by atoms with Gasteiger partial charge in [-0.3, -0.25) is 9.00 Å². The summed E-state index contributed by atoms with van der Waals surface area (Å²) in [5, 5.41) is 1.000. The molecule has 0 radical (unpaired) electrons. The molecule has 1 aliphatic heterocycles. The Morgan fingerprint density at radius 2 is 2.10 bits per heavy atom. The van der Waals surface area contributed by atoms with Gasteiger partial charge >= 0.3 is 0 Å². The molecule has 1 amide bonds. The Morgan fingerprint density at radius 1 is 1.24 bits per heavy atom. The number of rotatable bonds is 4. The van der Waals surface area contributed by atoms with Crippen molar-refractivity contribution in [2.75, 3.05) is 31.1 Å². The van der Waals surface area contributed by atoms with Gasteiger partial charge in [0.2, 0.25) is 5.91 Å². The van der Waals surface area contributed by atoms with Gasteiger partial charge in [0.05, 0.1) is 16.0 Å². The lowest BCUT2D eigenvalue weighted by Crippen LogP contribution is -2.37. The number of nitrogens with zero attached hydrogens (tertiary/aromatic N) is 4. The van der Waals surface area contributed by atoms with Gasteiger partial charge in [-0.05, 0) is 42.1 Å². The maximum Gasteiger partial charge on any atom is 0.227 e. The highest BCUT2D eigenvalue weighted by atomic mass is 32.2. The van der Waals surface area contributed by atoms with Gasteiger partial charge in [0, 0.05) is 42.7 Å². The molecule has 3 aromatic heterocycles. The molecule has 1 spiro atoms. The van der Waals surface area contributed by atoms with E-state index < -0.39 is 11.1 Å². The Balaban J connectivity index is 1.34. The van der Waals surface area contributed by atoms with Crippen molar-refractivity contribution in [3.8, 4) is 0 Å². The summed E-state index contributed by atoms with van der Waals surface area (Å²) in [6.45, 7) is 2.97. The lowest BCUT2D eigenvalue weighted by atomic mass is 10.1. The van der Waals surface area contributed by atoms with Crippen molar-refractivity contribution in [1.82, 2.24) is 19.9 Å².